The first-order chi connectivity index (χ1) is 8.32. The Morgan fingerprint density at radius 1 is 1.33 bits per heavy atom. The Balaban J connectivity index is 2.84. The lowest BCUT2D eigenvalue weighted by Gasteiger charge is -2.15. The number of aromatic carboxylic acids is 1. The monoisotopic (exact) mass is 252 g/mol. The third-order valence-corrected chi connectivity index (χ3v) is 2.52. The van der Waals surface area contributed by atoms with E-state index >= 15 is 0 Å². The van der Waals surface area contributed by atoms with Crippen molar-refractivity contribution in [2.75, 3.05) is 5.32 Å². The van der Waals surface area contributed by atoms with E-state index in [0.717, 1.165) is 0 Å². The van der Waals surface area contributed by atoms with Gasteiger partial charge in [0.15, 0.2) is 0 Å². The number of hydrogen-bond acceptors (Lipinski definition) is 4. The van der Waals surface area contributed by atoms with Crippen LogP contribution in [0.2, 0.25) is 0 Å². The molecule has 6 nitrogen and oxygen atoms in total. The van der Waals surface area contributed by atoms with Crippen LogP contribution in [0.1, 0.15) is 24.2 Å². The van der Waals surface area contributed by atoms with Gasteiger partial charge in [-0.25, -0.2) is 4.79 Å². The van der Waals surface area contributed by atoms with Crippen molar-refractivity contribution < 1.29 is 19.8 Å². The predicted octanol–water partition coefficient (Wildman–Crippen LogP) is 1.01. The van der Waals surface area contributed by atoms with Crippen LogP contribution >= 0.6 is 0 Å². The minimum atomic E-state index is -1.23. The molecule has 0 spiro atoms. The summed E-state index contributed by atoms with van der Waals surface area (Å²) in [4.78, 5) is 22.3. The lowest BCUT2D eigenvalue weighted by molar-refractivity contribution is -0.118. The first-order valence-electron chi connectivity index (χ1n) is 5.45. The van der Waals surface area contributed by atoms with E-state index in [0.29, 0.717) is 5.69 Å². The van der Waals surface area contributed by atoms with Gasteiger partial charge in [-0.2, -0.15) is 0 Å². The van der Waals surface area contributed by atoms with Gasteiger partial charge in [-0.05, 0) is 18.1 Å². The van der Waals surface area contributed by atoms with Crippen LogP contribution in [-0.4, -0.2) is 28.1 Å². The van der Waals surface area contributed by atoms with Crippen molar-refractivity contribution in [3.05, 3.63) is 23.8 Å². The molecule has 6 heteroatoms. The Labute approximate surface area is 104 Å². The van der Waals surface area contributed by atoms with Crippen LogP contribution in [0.15, 0.2) is 18.2 Å². The Morgan fingerprint density at radius 2 is 1.94 bits per heavy atom. The number of hydrogen-bond donors (Lipinski definition) is 4. The number of nitrogens with two attached hydrogens (primary N) is 1. The first-order valence-corrected chi connectivity index (χ1v) is 5.45. The molecule has 0 bridgehead atoms. The third-order valence-electron chi connectivity index (χ3n) is 2.52. The lowest BCUT2D eigenvalue weighted by atomic mass is 10.0. The molecule has 0 radical (unpaired) electrons. The SMILES string of the molecule is CC(C)C(N)C(=O)Nc1ccc(C(=O)O)c(O)c1. The van der Waals surface area contributed by atoms with Crippen LogP contribution < -0.4 is 11.1 Å². The van der Waals surface area contributed by atoms with Crippen LogP contribution in [0.25, 0.3) is 0 Å². The molecule has 1 aromatic carbocycles. The van der Waals surface area contributed by atoms with E-state index in [2.05, 4.69) is 5.32 Å². The number of carbonyl (C=O) groups is 2. The molecule has 1 rings (SSSR count). The molecular formula is C12H16N2O4. The number of nitrogens with one attached hydrogen (secondary N) is 1. The fraction of sp³-hybridized carbons (Fsp3) is 0.333. The van der Waals surface area contributed by atoms with Crippen LogP contribution in [-0.2, 0) is 4.79 Å². The Morgan fingerprint density at radius 3 is 2.39 bits per heavy atom. The van der Waals surface area contributed by atoms with E-state index in [1.807, 2.05) is 13.8 Å². The smallest absolute Gasteiger partial charge is 0.339 e. The van der Waals surface area contributed by atoms with E-state index in [1.165, 1.54) is 18.2 Å². The molecule has 0 aliphatic rings. The van der Waals surface area contributed by atoms with Crippen molar-refractivity contribution in [3.63, 3.8) is 0 Å². The second-order valence-corrected chi connectivity index (χ2v) is 4.30. The molecular weight excluding hydrogens is 236 g/mol. The fourth-order valence-electron chi connectivity index (χ4n) is 1.32. The van der Waals surface area contributed by atoms with E-state index in [9.17, 15) is 14.7 Å². The number of amides is 1. The summed E-state index contributed by atoms with van der Waals surface area (Å²) >= 11 is 0. The summed E-state index contributed by atoms with van der Waals surface area (Å²) in [6.07, 6.45) is 0. The van der Waals surface area contributed by atoms with Gasteiger partial charge in [-0.3, -0.25) is 4.79 Å². The second kappa shape index (κ2) is 5.50. The quantitative estimate of drug-likeness (QED) is 0.638. The van der Waals surface area contributed by atoms with E-state index < -0.39 is 17.8 Å². The molecule has 1 amide bonds. The molecule has 1 aromatic rings. The zero-order valence-corrected chi connectivity index (χ0v) is 10.2. The predicted molar refractivity (Wildman–Crippen MR) is 66.5 cm³/mol. The molecule has 1 unspecified atom stereocenters. The second-order valence-electron chi connectivity index (χ2n) is 4.30. The maximum atomic E-state index is 11.6. The van der Waals surface area contributed by atoms with Gasteiger partial charge in [-0.15, -0.1) is 0 Å². The summed E-state index contributed by atoms with van der Waals surface area (Å²) in [6, 6.07) is 3.13. The molecule has 0 aliphatic carbocycles. The summed E-state index contributed by atoms with van der Waals surface area (Å²) in [5.74, 6) is -2.04. The number of carboxylic acids is 1. The van der Waals surface area contributed by atoms with E-state index in [-0.39, 0.29) is 17.4 Å². The summed E-state index contributed by atoms with van der Waals surface area (Å²) in [6.45, 7) is 3.63. The number of phenols is 1. The van der Waals surface area contributed by atoms with Gasteiger partial charge in [-0.1, -0.05) is 13.8 Å². The van der Waals surface area contributed by atoms with Gasteiger partial charge in [0.25, 0.3) is 0 Å². The molecule has 0 saturated heterocycles. The molecule has 0 aromatic heterocycles. The minimum Gasteiger partial charge on any atom is -0.507 e. The molecule has 0 fully saturated rings. The van der Waals surface area contributed by atoms with Crippen molar-refractivity contribution >= 4 is 17.6 Å². The molecule has 18 heavy (non-hydrogen) atoms. The van der Waals surface area contributed by atoms with Gasteiger partial charge < -0.3 is 21.3 Å². The topological polar surface area (TPSA) is 113 Å². The minimum absolute atomic E-state index is 0.0168. The number of anilines is 1. The number of carbonyl (C=O) groups excluding carboxylic acids is 1. The van der Waals surface area contributed by atoms with Crippen LogP contribution in [0.3, 0.4) is 0 Å². The zero-order valence-electron chi connectivity index (χ0n) is 10.2. The highest BCUT2D eigenvalue weighted by molar-refractivity contribution is 5.96. The highest BCUT2D eigenvalue weighted by Crippen LogP contribution is 2.22. The van der Waals surface area contributed by atoms with Crippen LogP contribution in [0.4, 0.5) is 5.69 Å². The largest absolute Gasteiger partial charge is 0.507 e. The molecule has 0 aliphatic heterocycles. The third kappa shape index (κ3) is 3.21. The van der Waals surface area contributed by atoms with Crippen molar-refractivity contribution in [2.45, 2.75) is 19.9 Å². The van der Waals surface area contributed by atoms with Gasteiger partial charge in [0.1, 0.15) is 11.3 Å². The average Bonchev–Trinajstić information content (AvgIpc) is 2.27. The molecule has 98 valence electrons. The maximum Gasteiger partial charge on any atom is 0.339 e. The van der Waals surface area contributed by atoms with Crippen molar-refractivity contribution in [2.24, 2.45) is 11.7 Å². The Kier molecular flexibility index (Phi) is 4.28. The van der Waals surface area contributed by atoms with Crippen molar-refractivity contribution in [1.29, 1.82) is 0 Å². The normalized spacial score (nSPS) is 12.2. The average molecular weight is 252 g/mol. The van der Waals surface area contributed by atoms with Gasteiger partial charge in [0.05, 0.1) is 6.04 Å². The molecule has 5 N–H and O–H groups in total. The van der Waals surface area contributed by atoms with Crippen molar-refractivity contribution in [3.8, 4) is 5.75 Å². The summed E-state index contributed by atoms with van der Waals surface area (Å²) in [5.41, 5.74) is 5.74. The number of rotatable bonds is 4. The zero-order chi connectivity index (χ0) is 13.9. The summed E-state index contributed by atoms with van der Waals surface area (Å²) in [5, 5.41) is 20.7. The summed E-state index contributed by atoms with van der Waals surface area (Å²) in [7, 11) is 0. The fourth-order valence-corrected chi connectivity index (χ4v) is 1.32. The highest BCUT2D eigenvalue weighted by Gasteiger charge is 2.18. The van der Waals surface area contributed by atoms with E-state index in [4.69, 9.17) is 10.8 Å². The number of aromatic hydroxyl groups is 1. The van der Waals surface area contributed by atoms with Gasteiger partial charge in [0.2, 0.25) is 5.91 Å². The first kappa shape index (κ1) is 14.0. The highest BCUT2D eigenvalue weighted by atomic mass is 16.4. The van der Waals surface area contributed by atoms with E-state index in [1.54, 1.807) is 0 Å². The standard InChI is InChI=1S/C12H16N2O4/c1-6(2)10(13)11(16)14-7-3-4-8(12(17)18)9(15)5-7/h3-6,10,15H,13H2,1-2H3,(H,14,16)(H,17,18). The lowest BCUT2D eigenvalue weighted by Crippen LogP contribution is -2.39. The van der Waals surface area contributed by atoms with Crippen LogP contribution in [0, 0.1) is 5.92 Å². The Hall–Kier alpha value is -2.08. The molecule has 0 saturated carbocycles. The number of benzene rings is 1. The van der Waals surface area contributed by atoms with Gasteiger partial charge >= 0.3 is 5.97 Å². The molecule has 0 heterocycles. The summed E-state index contributed by atoms with van der Waals surface area (Å²) < 4.78 is 0. The number of carboxylic acid groups (broad SMARTS) is 1. The molecule has 1 atom stereocenters. The van der Waals surface area contributed by atoms with Gasteiger partial charge in [0, 0.05) is 11.8 Å². The maximum absolute atomic E-state index is 11.6. The van der Waals surface area contributed by atoms with Crippen molar-refractivity contribution in [1.82, 2.24) is 0 Å². The Bertz CT molecular complexity index is 471. The van der Waals surface area contributed by atoms with Crippen LogP contribution in [0.5, 0.6) is 5.75 Å².